The van der Waals surface area contributed by atoms with Crippen LogP contribution in [0.2, 0.25) is 0 Å². The van der Waals surface area contributed by atoms with Crippen LogP contribution < -0.4 is 10.6 Å². The van der Waals surface area contributed by atoms with Crippen LogP contribution in [-0.4, -0.2) is 41.5 Å². The molecule has 2 bridgehead atoms. The van der Waals surface area contributed by atoms with Crippen LogP contribution in [0.15, 0.2) is 54.7 Å². The molecule has 1 aromatic heterocycles. The Labute approximate surface area is 173 Å². The van der Waals surface area contributed by atoms with Crippen LogP contribution in [0.1, 0.15) is 36.9 Å². The van der Waals surface area contributed by atoms with Crippen molar-refractivity contribution in [2.75, 3.05) is 19.6 Å². The number of carbonyl (C=O) groups is 1. The number of benzene rings is 1. The van der Waals surface area contributed by atoms with Crippen molar-refractivity contribution in [1.29, 1.82) is 0 Å². The molecule has 5 nitrogen and oxygen atoms in total. The molecule has 2 unspecified atom stereocenters. The number of fused-ring (bicyclic) bond motifs is 2. The Bertz CT molecular complexity index is 767. The number of amides is 1. The molecule has 1 aromatic carbocycles. The summed E-state index contributed by atoms with van der Waals surface area (Å²) in [6.07, 6.45) is 5.69. The van der Waals surface area contributed by atoms with Crippen molar-refractivity contribution in [2.45, 2.75) is 44.8 Å². The fraction of sp³-hybridized carbons (Fsp3) is 0.500. The zero-order chi connectivity index (χ0) is 19.9. The maximum Gasteiger partial charge on any atom is 0.220 e. The van der Waals surface area contributed by atoms with E-state index in [0.29, 0.717) is 24.9 Å². The first-order valence-electron chi connectivity index (χ1n) is 10.9. The largest absolute Gasteiger partial charge is 0.350 e. The van der Waals surface area contributed by atoms with Crippen molar-refractivity contribution < 1.29 is 4.79 Å². The molecule has 0 radical (unpaired) electrons. The summed E-state index contributed by atoms with van der Waals surface area (Å²) in [6.45, 7) is 5.03. The van der Waals surface area contributed by atoms with Crippen LogP contribution in [0, 0.1) is 11.8 Å². The van der Waals surface area contributed by atoms with Crippen molar-refractivity contribution >= 4 is 5.91 Å². The van der Waals surface area contributed by atoms with Crippen LogP contribution in [0.3, 0.4) is 0 Å². The Morgan fingerprint density at radius 3 is 2.83 bits per heavy atom. The van der Waals surface area contributed by atoms with Crippen molar-refractivity contribution in [3.8, 4) is 0 Å². The zero-order valence-electron chi connectivity index (χ0n) is 17.1. The van der Waals surface area contributed by atoms with Crippen LogP contribution in [0.5, 0.6) is 0 Å². The predicted molar refractivity (Wildman–Crippen MR) is 115 cm³/mol. The molecule has 0 spiro atoms. The van der Waals surface area contributed by atoms with Gasteiger partial charge in [-0.15, -0.1) is 0 Å². The van der Waals surface area contributed by atoms with Crippen LogP contribution in [0.4, 0.5) is 0 Å². The number of nitrogens with zero attached hydrogens (tertiary/aromatic N) is 2. The van der Waals surface area contributed by atoms with Gasteiger partial charge in [0, 0.05) is 38.3 Å². The third-order valence-corrected chi connectivity index (χ3v) is 6.24. The Morgan fingerprint density at radius 1 is 1.14 bits per heavy atom. The lowest BCUT2D eigenvalue weighted by molar-refractivity contribution is -0.121. The summed E-state index contributed by atoms with van der Waals surface area (Å²) in [7, 11) is 0. The molecule has 154 valence electrons. The number of rotatable bonds is 8. The molecular formula is C24H32N4O. The average molecular weight is 393 g/mol. The van der Waals surface area contributed by atoms with Gasteiger partial charge in [0.25, 0.3) is 0 Å². The highest BCUT2D eigenvalue weighted by Crippen LogP contribution is 2.31. The standard InChI is InChI=1S/C24H32N4O/c29-24(27-15-22-9-4-5-12-25-22)11-6-10-23-21-13-20(14-26-23)17-28(18-21)16-19-7-2-1-3-8-19/h1-5,7-9,12,20-21,23,26H,6,10-11,13-18H2,(H,27,29)/t20?,21?,23-/m1/s1. The number of nitrogens with one attached hydrogen (secondary N) is 2. The minimum Gasteiger partial charge on any atom is -0.350 e. The van der Waals surface area contributed by atoms with Gasteiger partial charge in [-0.05, 0) is 55.3 Å². The topological polar surface area (TPSA) is 57.3 Å². The van der Waals surface area contributed by atoms with Gasteiger partial charge in [0.2, 0.25) is 5.91 Å². The molecule has 3 heterocycles. The number of hydrogen-bond acceptors (Lipinski definition) is 4. The van der Waals surface area contributed by atoms with E-state index in [-0.39, 0.29) is 5.91 Å². The van der Waals surface area contributed by atoms with Crippen LogP contribution in [-0.2, 0) is 17.9 Å². The Kier molecular flexibility index (Phi) is 6.91. The molecule has 2 N–H and O–H groups in total. The molecule has 2 aliphatic rings. The SMILES string of the molecule is O=C(CCC[C@H]1NCC2CC1CN(Cc1ccccc1)C2)NCc1ccccn1. The molecule has 0 aliphatic carbocycles. The van der Waals surface area contributed by atoms with Gasteiger partial charge in [0.15, 0.2) is 0 Å². The van der Waals surface area contributed by atoms with Crippen LogP contribution in [0.25, 0.3) is 0 Å². The van der Waals surface area contributed by atoms with E-state index in [0.717, 1.165) is 44.1 Å². The Hall–Kier alpha value is -2.24. The van der Waals surface area contributed by atoms with E-state index in [1.54, 1.807) is 6.20 Å². The van der Waals surface area contributed by atoms with Gasteiger partial charge in [-0.1, -0.05) is 36.4 Å². The molecule has 5 heteroatoms. The van der Waals surface area contributed by atoms with Gasteiger partial charge in [-0.3, -0.25) is 14.7 Å². The molecule has 0 saturated carbocycles. The van der Waals surface area contributed by atoms with E-state index in [4.69, 9.17) is 0 Å². The second-order valence-corrected chi connectivity index (χ2v) is 8.55. The summed E-state index contributed by atoms with van der Waals surface area (Å²) in [5.74, 6) is 1.58. The third-order valence-electron chi connectivity index (χ3n) is 6.24. The number of pyridine rings is 1. The smallest absolute Gasteiger partial charge is 0.220 e. The van der Waals surface area contributed by atoms with Crippen molar-refractivity contribution in [3.05, 3.63) is 66.0 Å². The number of hydrogen-bond donors (Lipinski definition) is 2. The van der Waals surface area contributed by atoms with Gasteiger partial charge in [0.1, 0.15) is 0 Å². The molecular weight excluding hydrogens is 360 g/mol. The van der Waals surface area contributed by atoms with E-state index in [2.05, 4.69) is 50.8 Å². The highest BCUT2D eigenvalue weighted by Gasteiger charge is 2.35. The quantitative estimate of drug-likeness (QED) is 0.725. The maximum atomic E-state index is 12.2. The Balaban J connectivity index is 1.20. The minimum atomic E-state index is 0.124. The fourth-order valence-electron chi connectivity index (χ4n) is 4.84. The van der Waals surface area contributed by atoms with Gasteiger partial charge < -0.3 is 10.6 Å². The molecule has 1 amide bonds. The number of piperidine rings is 2. The van der Waals surface area contributed by atoms with Gasteiger partial charge >= 0.3 is 0 Å². The lowest BCUT2D eigenvalue weighted by Crippen LogP contribution is -2.55. The van der Waals surface area contributed by atoms with Gasteiger partial charge in [0.05, 0.1) is 12.2 Å². The lowest BCUT2D eigenvalue weighted by atomic mass is 9.79. The maximum absolute atomic E-state index is 12.2. The molecule has 2 aliphatic heterocycles. The summed E-state index contributed by atoms with van der Waals surface area (Å²) in [6, 6.07) is 17.1. The monoisotopic (exact) mass is 392 g/mol. The normalized spacial score (nSPS) is 24.2. The van der Waals surface area contributed by atoms with Crippen LogP contribution >= 0.6 is 0 Å². The number of carbonyl (C=O) groups excluding carboxylic acids is 1. The fourth-order valence-corrected chi connectivity index (χ4v) is 4.84. The predicted octanol–water partition coefficient (Wildman–Crippen LogP) is 2.98. The summed E-state index contributed by atoms with van der Waals surface area (Å²) in [5, 5.41) is 6.75. The Morgan fingerprint density at radius 2 is 2.00 bits per heavy atom. The lowest BCUT2D eigenvalue weighted by Gasteiger charge is -2.46. The van der Waals surface area contributed by atoms with Gasteiger partial charge in [-0.2, -0.15) is 0 Å². The summed E-state index contributed by atoms with van der Waals surface area (Å²) in [5.41, 5.74) is 2.31. The second kappa shape index (κ2) is 9.99. The first kappa shape index (κ1) is 20.0. The highest BCUT2D eigenvalue weighted by molar-refractivity contribution is 5.75. The second-order valence-electron chi connectivity index (χ2n) is 8.55. The van der Waals surface area contributed by atoms with Gasteiger partial charge in [-0.25, -0.2) is 0 Å². The highest BCUT2D eigenvalue weighted by atomic mass is 16.1. The van der Waals surface area contributed by atoms with Crippen molar-refractivity contribution in [3.63, 3.8) is 0 Å². The van der Waals surface area contributed by atoms with E-state index in [1.807, 2.05) is 18.2 Å². The zero-order valence-corrected chi connectivity index (χ0v) is 17.1. The average Bonchev–Trinajstić information content (AvgIpc) is 2.75. The summed E-state index contributed by atoms with van der Waals surface area (Å²) >= 11 is 0. The minimum absolute atomic E-state index is 0.124. The molecule has 2 saturated heterocycles. The van der Waals surface area contributed by atoms with Crippen molar-refractivity contribution in [2.24, 2.45) is 11.8 Å². The molecule has 2 aromatic rings. The number of aromatic nitrogens is 1. The van der Waals surface area contributed by atoms with E-state index >= 15 is 0 Å². The first-order chi connectivity index (χ1) is 14.3. The summed E-state index contributed by atoms with van der Waals surface area (Å²) < 4.78 is 0. The van der Waals surface area contributed by atoms with Crippen molar-refractivity contribution in [1.82, 2.24) is 20.5 Å². The van der Waals surface area contributed by atoms with E-state index in [9.17, 15) is 4.79 Å². The first-order valence-corrected chi connectivity index (χ1v) is 10.9. The molecule has 4 rings (SSSR count). The molecule has 3 atom stereocenters. The molecule has 29 heavy (non-hydrogen) atoms. The third kappa shape index (κ3) is 5.87. The number of likely N-dealkylation sites (tertiary alicyclic amines) is 1. The van der Waals surface area contributed by atoms with E-state index in [1.165, 1.54) is 18.5 Å². The molecule has 2 fully saturated rings. The summed E-state index contributed by atoms with van der Waals surface area (Å²) in [4.78, 5) is 19.0. The van der Waals surface area contributed by atoms with E-state index < -0.39 is 0 Å².